The molecule has 1 aromatic carbocycles. The second-order valence-electron chi connectivity index (χ2n) is 6.49. The Morgan fingerprint density at radius 2 is 2.07 bits per heavy atom. The molecule has 6 nitrogen and oxygen atoms in total. The molecule has 8 heteroatoms. The van der Waals surface area contributed by atoms with Gasteiger partial charge in [0.15, 0.2) is 0 Å². The molecule has 0 aliphatic carbocycles. The van der Waals surface area contributed by atoms with Crippen molar-refractivity contribution in [2.45, 2.75) is 42.5 Å². The predicted octanol–water partition coefficient (Wildman–Crippen LogP) is 3.01. The first kappa shape index (κ1) is 19.9. The van der Waals surface area contributed by atoms with Gasteiger partial charge >= 0.3 is 0 Å². The molecule has 1 aliphatic heterocycles. The molecule has 1 atom stereocenters. The van der Waals surface area contributed by atoms with E-state index in [2.05, 4.69) is 5.32 Å². The fourth-order valence-electron chi connectivity index (χ4n) is 3.35. The van der Waals surface area contributed by atoms with Gasteiger partial charge in [-0.1, -0.05) is 30.7 Å². The molecule has 1 N–H and O–H groups in total. The number of rotatable bonds is 7. The van der Waals surface area contributed by atoms with Crippen LogP contribution in [0.4, 0.5) is 0 Å². The highest BCUT2D eigenvalue weighted by Crippen LogP contribution is 2.29. The highest BCUT2D eigenvalue weighted by molar-refractivity contribution is 7.91. The molecule has 1 amide bonds. The third kappa shape index (κ3) is 4.69. The van der Waals surface area contributed by atoms with Gasteiger partial charge in [0, 0.05) is 31.1 Å². The number of carbonyl (C=O) groups excluding carboxylic acids is 1. The van der Waals surface area contributed by atoms with E-state index in [1.165, 1.54) is 15.6 Å². The summed E-state index contributed by atoms with van der Waals surface area (Å²) in [5, 5.41) is 4.65. The summed E-state index contributed by atoms with van der Waals surface area (Å²) in [5.41, 5.74) is 0.889. The third-order valence-corrected chi connectivity index (χ3v) is 8.05. The van der Waals surface area contributed by atoms with E-state index in [1.807, 2.05) is 24.3 Å². The lowest BCUT2D eigenvalue weighted by Gasteiger charge is -2.34. The van der Waals surface area contributed by atoms with Gasteiger partial charge in [0.25, 0.3) is 10.0 Å². The first-order chi connectivity index (χ1) is 13.0. The Hall–Kier alpha value is -1.90. The number of nitrogens with one attached hydrogen (secondary N) is 1. The van der Waals surface area contributed by atoms with Crippen LogP contribution in [0.5, 0.6) is 5.75 Å². The summed E-state index contributed by atoms with van der Waals surface area (Å²) in [5.74, 6) is 0.566. The third-order valence-electron chi connectivity index (χ3n) is 4.72. The van der Waals surface area contributed by atoms with Crippen LogP contribution in [0.25, 0.3) is 0 Å². The zero-order valence-corrected chi connectivity index (χ0v) is 16.9. The lowest BCUT2D eigenvalue weighted by molar-refractivity contribution is -0.122. The lowest BCUT2D eigenvalue weighted by Crippen LogP contribution is -2.45. The summed E-state index contributed by atoms with van der Waals surface area (Å²) < 4.78 is 32.9. The van der Waals surface area contributed by atoms with Crippen LogP contribution in [0.1, 0.15) is 31.2 Å². The van der Waals surface area contributed by atoms with Gasteiger partial charge in [-0.05, 0) is 30.4 Å². The van der Waals surface area contributed by atoms with E-state index in [-0.39, 0.29) is 18.4 Å². The summed E-state index contributed by atoms with van der Waals surface area (Å²) in [7, 11) is -1.95. The quantitative estimate of drug-likeness (QED) is 0.764. The molecule has 1 aliphatic rings. The monoisotopic (exact) mass is 408 g/mol. The molecule has 3 rings (SSSR count). The fraction of sp³-hybridized carbons (Fsp3) is 0.421. The second-order valence-corrected chi connectivity index (χ2v) is 9.56. The van der Waals surface area contributed by atoms with Gasteiger partial charge in [0.1, 0.15) is 9.96 Å². The number of nitrogens with zero attached hydrogens (tertiary/aromatic N) is 1. The summed E-state index contributed by atoms with van der Waals surface area (Å²) in [4.78, 5) is 12.5. The molecule has 1 aromatic heterocycles. The van der Waals surface area contributed by atoms with Crippen molar-refractivity contribution in [3.8, 4) is 5.75 Å². The summed E-state index contributed by atoms with van der Waals surface area (Å²) in [6, 6.07) is 10.6. The van der Waals surface area contributed by atoms with Crippen LogP contribution in [0.15, 0.2) is 46.0 Å². The molecule has 0 unspecified atom stereocenters. The Morgan fingerprint density at radius 3 is 2.81 bits per heavy atom. The van der Waals surface area contributed by atoms with E-state index in [9.17, 15) is 13.2 Å². The van der Waals surface area contributed by atoms with E-state index < -0.39 is 10.0 Å². The number of carbonyl (C=O) groups is 1. The van der Waals surface area contributed by atoms with E-state index in [0.29, 0.717) is 23.7 Å². The Kier molecular flexibility index (Phi) is 6.51. The summed E-state index contributed by atoms with van der Waals surface area (Å²) in [6.07, 6.45) is 2.62. The molecule has 1 fully saturated rings. The Morgan fingerprint density at radius 1 is 1.26 bits per heavy atom. The SMILES string of the molecule is COc1ccccc1CNC(=O)C[C@H]1CCCCN1S(=O)(=O)c1cccs1. The predicted molar refractivity (Wildman–Crippen MR) is 105 cm³/mol. The number of hydrogen-bond donors (Lipinski definition) is 1. The minimum absolute atomic E-state index is 0.154. The van der Waals surface area contributed by atoms with Gasteiger partial charge in [-0.25, -0.2) is 8.42 Å². The molecular weight excluding hydrogens is 384 g/mol. The number of benzene rings is 1. The molecule has 0 bridgehead atoms. The first-order valence-corrected chi connectivity index (χ1v) is 11.3. The van der Waals surface area contributed by atoms with Gasteiger partial charge in [0.2, 0.25) is 5.91 Å². The zero-order chi connectivity index (χ0) is 19.3. The molecule has 0 spiro atoms. The van der Waals surface area contributed by atoms with Gasteiger partial charge in [0.05, 0.1) is 7.11 Å². The van der Waals surface area contributed by atoms with Crippen molar-refractivity contribution in [2.24, 2.45) is 0 Å². The van der Waals surface area contributed by atoms with Crippen molar-refractivity contribution < 1.29 is 17.9 Å². The molecule has 2 aromatic rings. The Balaban J connectivity index is 1.65. The van der Waals surface area contributed by atoms with Crippen LogP contribution in [0.2, 0.25) is 0 Å². The molecule has 146 valence electrons. The van der Waals surface area contributed by atoms with Crippen LogP contribution in [0, 0.1) is 0 Å². The van der Waals surface area contributed by atoms with E-state index >= 15 is 0 Å². The van der Waals surface area contributed by atoms with Crippen LogP contribution in [0.3, 0.4) is 0 Å². The number of ether oxygens (including phenoxy) is 1. The van der Waals surface area contributed by atoms with Crippen molar-refractivity contribution in [1.29, 1.82) is 0 Å². The average molecular weight is 409 g/mol. The molecule has 27 heavy (non-hydrogen) atoms. The summed E-state index contributed by atoms with van der Waals surface area (Å²) >= 11 is 1.21. The standard InChI is InChI=1S/C19H24N2O4S2/c1-25-17-9-3-2-7-15(17)14-20-18(22)13-16-8-4-5-11-21(16)27(23,24)19-10-6-12-26-19/h2-3,6-7,9-10,12,16H,4-5,8,11,13-14H2,1H3,(H,20,22)/t16-/m1/s1. The minimum atomic E-state index is -3.54. The maximum absolute atomic E-state index is 12.9. The Labute approximate surface area is 164 Å². The highest BCUT2D eigenvalue weighted by Gasteiger charge is 2.35. The van der Waals surface area contributed by atoms with Crippen molar-refractivity contribution in [3.63, 3.8) is 0 Å². The number of para-hydroxylation sites is 1. The van der Waals surface area contributed by atoms with E-state index in [0.717, 1.165) is 24.2 Å². The van der Waals surface area contributed by atoms with Gasteiger partial charge in [-0.15, -0.1) is 11.3 Å². The van der Waals surface area contributed by atoms with Gasteiger partial charge < -0.3 is 10.1 Å². The molecule has 2 heterocycles. The van der Waals surface area contributed by atoms with Crippen molar-refractivity contribution in [3.05, 3.63) is 47.3 Å². The topological polar surface area (TPSA) is 75.7 Å². The van der Waals surface area contributed by atoms with Crippen LogP contribution in [-0.2, 0) is 21.4 Å². The molecule has 0 radical (unpaired) electrons. The lowest BCUT2D eigenvalue weighted by atomic mass is 10.0. The number of methoxy groups -OCH3 is 1. The highest BCUT2D eigenvalue weighted by atomic mass is 32.2. The summed E-state index contributed by atoms with van der Waals surface area (Å²) in [6.45, 7) is 0.817. The number of thiophene rings is 1. The van der Waals surface area contributed by atoms with Crippen LogP contribution in [-0.4, -0.2) is 38.3 Å². The molecule has 0 saturated carbocycles. The first-order valence-electron chi connectivity index (χ1n) is 8.96. The fourth-order valence-corrected chi connectivity index (χ4v) is 6.16. The minimum Gasteiger partial charge on any atom is -0.496 e. The van der Waals surface area contributed by atoms with Crippen molar-refractivity contribution in [1.82, 2.24) is 9.62 Å². The van der Waals surface area contributed by atoms with E-state index in [4.69, 9.17) is 4.74 Å². The van der Waals surface area contributed by atoms with Gasteiger partial charge in [-0.2, -0.15) is 4.31 Å². The Bertz CT molecular complexity index is 866. The number of amides is 1. The van der Waals surface area contributed by atoms with Crippen molar-refractivity contribution in [2.75, 3.05) is 13.7 Å². The molecular formula is C19H24N2O4S2. The second kappa shape index (κ2) is 8.86. The number of piperidine rings is 1. The normalized spacial score (nSPS) is 18.2. The zero-order valence-electron chi connectivity index (χ0n) is 15.3. The van der Waals surface area contributed by atoms with Crippen LogP contribution >= 0.6 is 11.3 Å². The average Bonchev–Trinajstić information content (AvgIpc) is 3.22. The van der Waals surface area contributed by atoms with Crippen molar-refractivity contribution >= 4 is 27.3 Å². The van der Waals surface area contributed by atoms with Crippen LogP contribution < -0.4 is 10.1 Å². The largest absolute Gasteiger partial charge is 0.496 e. The maximum Gasteiger partial charge on any atom is 0.252 e. The van der Waals surface area contributed by atoms with E-state index in [1.54, 1.807) is 24.6 Å². The molecule has 1 saturated heterocycles. The smallest absolute Gasteiger partial charge is 0.252 e. The van der Waals surface area contributed by atoms with Gasteiger partial charge in [-0.3, -0.25) is 4.79 Å². The maximum atomic E-state index is 12.9. The number of sulfonamides is 1. The number of hydrogen-bond acceptors (Lipinski definition) is 5.